The first-order valence-corrected chi connectivity index (χ1v) is 9.19. The number of nitrogens with zero attached hydrogens (tertiary/aromatic N) is 1. The van der Waals surface area contributed by atoms with Gasteiger partial charge in [0.1, 0.15) is 5.82 Å². The zero-order valence-corrected chi connectivity index (χ0v) is 15.6. The summed E-state index contributed by atoms with van der Waals surface area (Å²) in [4.78, 5) is 2.13. The molecule has 1 heterocycles. The van der Waals surface area contributed by atoms with Crippen molar-refractivity contribution in [3.8, 4) is 11.1 Å². The smallest absolute Gasteiger partial charge is 0.146 e. The minimum atomic E-state index is -0.421. The van der Waals surface area contributed by atoms with Crippen LogP contribution in [0.4, 0.5) is 27.1 Å². The second-order valence-electron chi connectivity index (χ2n) is 6.46. The highest BCUT2D eigenvalue weighted by Gasteiger charge is 2.21. The molecule has 0 atom stereocenters. The van der Waals surface area contributed by atoms with Gasteiger partial charge in [-0.25, -0.2) is 9.82 Å². The van der Waals surface area contributed by atoms with Crippen molar-refractivity contribution in [2.24, 2.45) is 0 Å². The molecule has 0 spiro atoms. The van der Waals surface area contributed by atoms with Crippen LogP contribution in [0.15, 0.2) is 54.6 Å². The monoisotopic (exact) mass is 382 g/mol. The molecule has 0 saturated carbocycles. The van der Waals surface area contributed by atoms with Gasteiger partial charge in [0.05, 0.1) is 28.8 Å². The van der Waals surface area contributed by atoms with Gasteiger partial charge in [0, 0.05) is 11.3 Å². The van der Waals surface area contributed by atoms with E-state index in [1.807, 2.05) is 55.5 Å². The molecular formula is C21H20ClFN4. The molecule has 1 aliphatic heterocycles. The Bertz CT molecular complexity index is 991. The number of hydrazine groups is 1. The van der Waals surface area contributed by atoms with Gasteiger partial charge in [-0.2, -0.15) is 0 Å². The molecule has 0 fully saturated rings. The van der Waals surface area contributed by atoms with Crippen LogP contribution in [0.3, 0.4) is 0 Å². The summed E-state index contributed by atoms with van der Waals surface area (Å²) in [5.41, 5.74) is 17.5. The van der Waals surface area contributed by atoms with Crippen molar-refractivity contribution in [3.63, 3.8) is 0 Å². The Morgan fingerprint density at radius 1 is 1.15 bits per heavy atom. The lowest BCUT2D eigenvalue weighted by Gasteiger charge is -2.33. The second kappa shape index (κ2) is 7.10. The first-order chi connectivity index (χ1) is 13.1. The topological polar surface area (TPSA) is 53.3 Å². The highest BCUT2D eigenvalue weighted by molar-refractivity contribution is 6.34. The lowest BCUT2D eigenvalue weighted by atomic mass is 9.99. The van der Waals surface area contributed by atoms with Crippen LogP contribution in [-0.4, -0.2) is 6.67 Å². The SMILES string of the molecule is CCc1cc(-c2cc3c(cc2Cl)N(c2ccccc2)CNN3)cc(F)c1N. The van der Waals surface area contributed by atoms with Crippen molar-refractivity contribution in [3.05, 3.63) is 71.0 Å². The Hall–Kier alpha value is -2.76. The van der Waals surface area contributed by atoms with Gasteiger partial charge in [-0.15, -0.1) is 0 Å². The van der Waals surface area contributed by atoms with Gasteiger partial charge in [-0.1, -0.05) is 36.7 Å². The fraction of sp³-hybridized carbons (Fsp3) is 0.143. The molecule has 0 aromatic heterocycles. The van der Waals surface area contributed by atoms with E-state index in [1.54, 1.807) is 0 Å². The second-order valence-corrected chi connectivity index (χ2v) is 6.86. The predicted molar refractivity (Wildman–Crippen MR) is 111 cm³/mol. The Kier molecular flexibility index (Phi) is 4.64. The summed E-state index contributed by atoms with van der Waals surface area (Å²) in [7, 11) is 0. The third kappa shape index (κ3) is 3.20. The van der Waals surface area contributed by atoms with E-state index < -0.39 is 5.82 Å². The normalized spacial score (nSPS) is 13.2. The van der Waals surface area contributed by atoms with Crippen molar-refractivity contribution in [2.75, 3.05) is 22.7 Å². The molecule has 0 unspecified atom stereocenters. The molecule has 0 radical (unpaired) electrons. The number of hydrogen-bond acceptors (Lipinski definition) is 4. The van der Waals surface area contributed by atoms with Gasteiger partial charge in [0.25, 0.3) is 0 Å². The molecule has 0 bridgehead atoms. The van der Waals surface area contributed by atoms with Crippen LogP contribution in [0.2, 0.25) is 5.02 Å². The van der Waals surface area contributed by atoms with E-state index in [-0.39, 0.29) is 5.69 Å². The Morgan fingerprint density at radius 2 is 1.93 bits per heavy atom. The maximum absolute atomic E-state index is 14.3. The summed E-state index contributed by atoms with van der Waals surface area (Å²) < 4.78 is 14.3. The van der Waals surface area contributed by atoms with Gasteiger partial charge >= 0.3 is 0 Å². The van der Waals surface area contributed by atoms with Crippen molar-refractivity contribution >= 4 is 34.4 Å². The van der Waals surface area contributed by atoms with E-state index in [2.05, 4.69) is 15.8 Å². The fourth-order valence-corrected chi connectivity index (χ4v) is 3.63. The minimum absolute atomic E-state index is 0.199. The highest BCUT2D eigenvalue weighted by Crippen LogP contribution is 2.41. The number of nitrogen functional groups attached to an aromatic ring is 1. The Balaban J connectivity index is 1.82. The average molecular weight is 383 g/mol. The van der Waals surface area contributed by atoms with E-state index in [0.717, 1.165) is 28.2 Å². The molecule has 6 heteroatoms. The van der Waals surface area contributed by atoms with E-state index in [0.29, 0.717) is 23.7 Å². The molecule has 138 valence electrons. The van der Waals surface area contributed by atoms with Crippen LogP contribution in [0.1, 0.15) is 12.5 Å². The molecule has 3 aromatic rings. The van der Waals surface area contributed by atoms with Gasteiger partial charge in [0.2, 0.25) is 0 Å². The molecule has 3 aromatic carbocycles. The first kappa shape index (κ1) is 17.6. The quantitative estimate of drug-likeness (QED) is 0.537. The number of anilines is 4. The van der Waals surface area contributed by atoms with Crippen LogP contribution in [0.25, 0.3) is 11.1 Å². The summed E-state index contributed by atoms with van der Waals surface area (Å²) in [6.07, 6.45) is 0.654. The van der Waals surface area contributed by atoms with Gasteiger partial charge in [-0.05, 0) is 53.9 Å². The number of aryl methyl sites for hydroxylation is 1. The first-order valence-electron chi connectivity index (χ1n) is 8.81. The van der Waals surface area contributed by atoms with Crippen LogP contribution in [0, 0.1) is 5.82 Å². The number of benzene rings is 3. The van der Waals surface area contributed by atoms with Crippen molar-refractivity contribution in [1.82, 2.24) is 5.43 Å². The minimum Gasteiger partial charge on any atom is -0.396 e. The van der Waals surface area contributed by atoms with E-state index in [4.69, 9.17) is 17.3 Å². The number of rotatable bonds is 3. The van der Waals surface area contributed by atoms with Crippen LogP contribution in [0.5, 0.6) is 0 Å². The number of fused-ring (bicyclic) bond motifs is 1. The summed E-state index contributed by atoms with van der Waals surface area (Å²) in [6, 6.07) is 17.2. The maximum atomic E-state index is 14.3. The fourth-order valence-electron chi connectivity index (χ4n) is 3.37. The molecule has 1 aliphatic rings. The lowest BCUT2D eigenvalue weighted by Crippen LogP contribution is -2.39. The largest absolute Gasteiger partial charge is 0.396 e. The number of halogens is 2. The van der Waals surface area contributed by atoms with Crippen molar-refractivity contribution in [2.45, 2.75) is 13.3 Å². The summed E-state index contributed by atoms with van der Waals surface area (Å²) in [5.74, 6) is -0.421. The number of hydrogen-bond donors (Lipinski definition) is 3. The zero-order valence-electron chi connectivity index (χ0n) is 14.9. The summed E-state index contributed by atoms with van der Waals surface area (Å²) in [6.45, 7) is 2.55. The zero-order chi connectivity index (χ0) is 19.0. The van der Waals surface area contributed by atoms with Crippen molar-refractivity contribution < 1.29 is 4.39 Å². The molecule has 0 amide bonds. The molecule has 4 N–H and O–H groups in total. The van der Waals surface area contributed by atoms with E-state index in [1.165, 1.54) is 6.07 Å². The Morgan fingerprint density at radius 3 is 2.67 bits per heavy atom. The van der Waals surface area contributed by atoms with E-state index >= 15 is 0 Å². The van der Waals surface area contributed by atoms with Crippen LogP contribution >= 0.6 is 11.6 Å². The maximum Gasteiger partial charge on any atom is 0.146 e. The number of nitrogens with one attached hydrogen (secondary N) is 2. The predicted octanol–water partition coefficient (Wildman–Crippen LogP) is 5.32. The Labute approximate surface area is 162 Å². The summed E-state index contributed by atoms with van der Waals surface area (Å²) >= 11 is 6.61. The molecule has 4 rings (SSSR count). The molecule has 0 aliphatic carbocycles. The average Bonchev–Trinajstić information content (AvgIpc) is 2.69. The summed E-state index contributed by atoms with van der Waals surface area (Å²) in [5, 5.41) is 0.560. The number of nitrogens with two attached hydrogens (primary N) is 1. The highest BCUT2D eigenvalue weighted by atomic mass is 35.5. The molecule has 4 nitrogen and oxygen atoms in total. The van der Waals surface area contributed by atoms with Gasteiger partial charge < -0.3 is 16.1 Å². The third-order valence-electron chi connectivity index (χ3n) is 4.81. The van der Waals surface area contributed by atoms with Crippen LogP contribution in [-0.2, 0) is 6.42 Å². The van der Waals surface area contributed by atoms with Crippen LogP contribution < -0.4 is 21.5 Å². The lowest BCUT2D eigenvalue weighted by molar-refractivity contribution is 0.631. The van der Waals surface area contributed by atoms with Gasteiger partial charge in [-0.3, -0.25) is 0 Å². The molecule has 27 heavy (non-hydrogen) atoms. The molecule has 0 saturated heterocycles. The number of para-hydroxylation sites is 1. The standard InChI is InChI=1S/C21H20ClFN4/c1-2-13-8-14(9-18(23)21(13)24)16-10-19-20(11-17(16)22)27(12-25-26-19)15-6-4-3-5-7-15/h3-11,25-26H,2,12,24H2,1H3. The van der Waals surface area contributed by atoms with Gasteiger partial charge in [0.15, 0.2) is 0 Å². The molecular weight excluding hydrogens is 363 g/mol. The van der Waals surface area contributed by atoms with Crippen molar-refractivity contribution in [1.29, 1.82) is 0 Å². The van der Waals surface area contributed by atoms with E-state index in [9.17, 15) is 4.39 Å². The third-order valence-corrected chi connectivity index (χ3v) is 5.12.